The molecule has 3 heterocycles. The second-order valence-corrected chi connectivity index (χ2v) is 8.23. The number of piperidine rings is 1. The molecule has 6 nitrogen and oxygen atoms in total. The minimum absolute atomic E-state index is 0.122. The smallest absolute Gasteiger partial charge is 0.252 e. The lowest BCUT2D eigenvalue weighted by Gasteiger charge is -2.32. The Morgan fingerprint density at radius 2 is 1.81 bits per heavy atom. The van der Waals surface area contributed by atoms with Gasteiger partial charge >= 0.3 is 0 Å². The summed E-state index contributed by atoms with van der Waals surface area (Å²) in [6.07, 6.45) is 5.19. The maximum absolute atomic E-state index is 12.8. The molecule has 0 saturated carbocycles. The van der Waals surface area contributed by atoms with E-state index in [1.165, 1.54) is 10.6 Å². The van der Waals surface area contributed by atoms with Crippen LogP contribution in [0, 0.1) is 0 Å². The van der Waals surface area contributed by atoms with Gasteiger partial charge in [-0.15, -0.1) is 0 Å². The number of carbonyl (C=O) groups excluding carboxylic acids is 1. The first-order valence-corrected chi connectivity index (χ1v) is 10.8. The zero-order chi connectivity index (χ0) is 21.6. The van der Waals surface area contributed by atoms with Gasteiger partial charge in [0.2, 0.25) is 0 Å². The molecule has 4 rings (SSSR count). The minimum atomic E-state index is -0.167. The molecule has 0 unspecified atom stereocenters. The number of nitrogens with one attached hydrogen (secondary N) is 1. The van der Waals surface area contributed by atoms with Crippen molar-refractivity contribution in [3.63, 3.8) is 0 Å². The Kier molecular flexibility index (Phi) is 6.79. The van der Waals surface area contributed by atoms with Gasteiger partial charge in [-0.25, -0.2) is 0 Å². The lowest BCUT2D eigenvalue weighted by Crippen LogP contribution is -2.44. The average molecular weight is 437 g/mol. The predicted octanol–water partition coefficient (Wildman–Crippen LogP) is 3.34. The van der Waals surface area contributed by atoms with E-state index in [0.717, 1.165) is 43.7 Å². The van der Waals surface area contributed by atoms with E-state index in [1.54, 1.807) is 18.3 Å². The SMILES string of the molecule is O=C(NC1CCN(Cc2ccccn2)CC1)c1ccc(=O)n(Cc2ccccc2Cl)c1. The fourth-order valence-electron chi connectivity index (χ4n) is 3.82. The van der Waals surface area contributed by atoms with E-state index < -0.39 is 0 Å². The fourth-order valence-corrected chi connectivity index (χ4v) is 4.02. The number of nitrogens with zero attached hydrogens (tertiary/aromatic N) is 3. The quantitative estimate of drug-likeness (QED) is 0.643. The largest absolute Gasteiger partial charge is 0.349 e. The van der Waals surface area contributed by atoms with Crippen molar-refractivity contribution < 1.29 is 4.79 Å². The highest BCUT2D eigenvalue weighted by molar-refractivity contribution is 6.31. The summed E-state index contributed by atoms with van der Waals surface area (Å²) in [4.78, 5) is 31.8. The van der Waals surface area contributed by atoms with Crippen molar-refractivity contribution in [2.45, 2.75) is 32.0 Å². The van der Waals surface area contributed by atoms with Crippen molar-refractivity contribution in [3.05, 3.63) is 99.2 Å². The second-order valence-electron chi connectivity index (χ2n) is 7.82. The molecule has 2 aromatic heterocycles. The van der Waals surface area contributed by atoms with E-state index in [0.29, 0.717) is 17.1 Å². The van der Waals surface area contributed by atoms with Crippen LogP contribution in [0.3, 0.4) is 0 Å². The summed E-state index contributed by atoms with van der Waals surface area (Å²) in [7, 11) is 0. The van der Waals surface area contributed by atoms with Gasteiger partial charge in [0.1, 0.15) is 0 Å². The van der Waals surface area contributed by atoms with Gasteiger partial charge in [-0.2, -0.15) is 0 Å². The molecule has 1 saturated heterocycles. The third-order valence-electron chi connectivity index (χ3n) is 5.58. The zero-order valence-electron chi connectivity index (χ0n) is 17.2. The van der Waals surface area contributed by atoms with Gasteiger partial charge in [-0.05, 0) is 42.7 Å². The molecule has 7 heteroatoms. The number of amides is 1. The van der Waals surface area contributed by atoms with Gasteiger partial charge in [0.25, 0.3) is 11.5 Å². The molecule has 1 aromatic carbocycles. The highest BCUT2D eigenvalue weighted by atomic mass is 35.5. The maximum Gasteiger partial charge on any atom is 0.252 e. The normalized spacial score (nSPS) is 15.0. The van der Waals surface area contributed by atoms with Gasteiger partial charge < -0.3 is 9.88 Å². The fraction of sp³-hybridized carbons (Fsp3) is 0.292. The Labute approximate surface area is 186 Å². The average Bonchev–Trinajstić information content (AvgIpc) is 2.79. The first-order valence-electron chi connectivity index (χ1n) is 10.5. The Bertz CT molecular complexity index is 1090. The molecule has 0 spiro atoms. The predicted molar refractivity (Wildman–Crippen MR) is 121 cm³/mol. The summed E-state index contributed by atoms with van der Waals surface area (Å²) in [6.45, 7) is 2.97. The first kappa shape index (κ1) is 21.3. The number of hydrogen-bond acceptors (Lipinski definition) is 4. The molecule has 1 aliphatic heterocycles. The molecule has 0 radical (unpaired) electrons. The van der Waals surface area contributed by atoms with Crippen molar-refractivity contribution in [3.8, 4) is 0 Å². The summed E-state index contributed by atoms with van der Waals surface area (Å²) in [6, 6.07) is 16.5. The van der Waals surface area contributed by atoms with E-state index in [2.05, 4.69) is 15.2 Å². The van der Waals surface area contributed by atoms with E-state index in [-0.39, 0.29) is 17.5 Å². The topological polar surface area (TPSA) is 67.2 Å². The van der Waals surface area contributed by atoms with Crippen molar-refractivity contribution in [1.82, 2.24) is 19.8 Å². The van der Waals surface area contributed by atoms with E-state index >= 15 is 0 Å². The highest BCUT2D eigenvalue weighted by Crippen LogP contribution is 2.16. The number of hydrogen-bond donors (Lipinski definition) is 1. The summed E-state index contributed by atoms with van der Waals surface area (Å²) < 4.78 is 1.52. The molecule has 31 heavy (non-hydrogen) atoms. The van der Waals surface area contributed by atoms with E-state index in [9.17, 15) is 9.59 Å². The molecule has 1 amide bonds. The van der Waals surface area contributed by atoms with Gasteiger partial charge in [-0.1, -0.05) is 35.9 Å². The molecule has 0 bridgehead atoms. The van der Waals surface area contributed by atoms with Crippen molar-refractivity contribution in [2.75, 3.05) is 13.1 Å². The van der Waals surface area contributed by atoms with Crippen LogP contribution in [0.1, 0.15) is 34.5 Å². The molecule has 3 aromatic rings. The molecule has 160 valence electrons. The lowest BCUT2D eigenvalue weighted by atomic mass is 10.0. The maximum atomic E-state index is 12.8. The van der Waals surface area contributed by atoms with Gasteiger partial charge in [0.05, 0.1) is 17.8 Å². The van der Waals surface area contributed by atoms with Crippen molar-refractivity contribution in [2.24, 2.45) is 0 Å². The van der Waals surface area contributed by atoms with Crippen molar-refractivity contribution >= 4 is 17.5 Å². The van der Waals surface area contributed by atoms with Crippen LogP contribution in [0.5, 0.6) is 0 Å². The van der Waals surface area contributed by atoms with Gasteiger partial charge in [-0.3, -0.25) is 19.5 Å². The van der Waals surface area contributed by atoms with Crippen LogP contribution >= 0.6 is 11.6 Å². The second kappa shape index (κ2) is 9.90. The Hall–Kier alpha value is -2.96. The molecular weight excluding hydrogens is 412 g/mol. The van der Waals surface area contributed by atoms with Crippen LogP contribution < -0.4 is 10.9 Å². The Balaban J connectivity index is 1.35. The van der Waals surface area contributed by atoms with Gasteiger partial charge in [0.15, 0.2) is 0 Å². The molecular formula is C24H25ClN4O2. The molecule has 1 N–H and O–H groups in total. The highest BCUT2D eigenvalue weighted by Gasteiger charge is 2.21. The van der Waals surface area contributed by atoms with Gasteiger partial charge in [0, 0.05) is 49.2 Å². The van der Waals surface area contributed by atoms with Crippen LogP contribution in [0.2, 0.25) is 5.02 Å². The number of halogens is 1. The molecule has 0 atom stereocenters. The third-order valence-corrected chi connectivity index (χ3v) is 5.95. The standard InChI is InChI=1S/C24H25ClN4O2/c25-22-7-2-1-5-18(22)15-29-16-19(8-9-23(29)30)24(31)27-20-10-13-28(14-11-20)17-21-6-3-4-12-26-21/h1-9,12,16,20H,10-11,13-15,17H2,(H,27,31). The number of carbonyl (C=O) groups is 1. The third kappa shape index (κ3) is 5.60. The van der Waals surface area contributed by atoms with Crippen LogP contribution in [0.15, 0.2) is 71.8 Å². The van der Waals surface area contributed by atoms with Crippen LogP contribution in [0.25, 0.3) is 0 Å². The summed E-state index contributed by atoms with van der Waals surface area (Å²) in [5.74, 6) is -0.156. The minimum Gasteiger partial charge on any atom is -0.349 e. The summed E-state index contributed by atoms with van der Waals surface area (Å²) in [5.41, 5.74) is 2.21. The molecule has 0 aliphatic carbocycles. The zero-order valence-corrected chi connectivity index (χ0v) is 18.0. The van der Waals surface area contributed by atoms with Crippen LogP contribution in [-0.4, -0.2) is 39.5 Å². The monoisotopic (exact) mass is 436 g/mol. The Morgan fingerprint density at radius 3 is 2.55 bits per heavy atom. The lowest BCUT2D eigenvalue weighted by molar-refractivity contribution is 0.0907. The first-order chi connectivity index (χ1) is 15.1. The van der Waals surface area contributed by atoms with E-state index in [1.807, 2.05) is 42.6 Å². The number of likely N-dealkylation sites (tertiary alicyclic amines) is 1. The molecule has 1 fully saturated rings. The number of benzene rings is 1. The summed E-state index contributed by atoms with van der Waals surface area (Å²) in [5, 5.41) is 3.72. The summed E-state index contributed by atoms with van der Waals surface area (Å²) >= 11 is 6.22. The van der Waals surface area contributed by atoms with Crippen LogP contribution in [0.4, 0.5) is 0 Å². The number of pyridine rings is 2. The van der Waals surface area contributed by atoms with E-state index in [4.69, 9.17) is 11.6 Å². The number of rotatable bonds is 6. The van der Waals surface area contributed by atoms with Crippen LogP contribution in [-0.2, 0) is 13.1 Å². The molecule has 1 aliphatic rings. The number of aromatic nitrogens is 2. The van der Waals surface area contributed by atoms with Crippen molar-refractivity contribution in [1.29, 1.82) is 0 Å². The Morgan fingerprint density at radius 1 is 1.03 bits per heavy atom.